The molecule has 1 unspecified atom stereocenters. The standard InChI is InChI=1S/C17H25N5O/c1-12(2)22-8-6-15(20-22)10-17(23)21-7-4-5-14(11-21)16-9-13(3)18-19-16/h6,8-9,12,14H,4-5,7,10-11H2,1-3H3,(H,18,19). The fourth-order valence-electron chi connectivity index (χ4n) is 3.12. The second kappa shape index (κ2) is 6.56. The summed E-state index contributed by atoms with van der Waals surface area (Å²) < 4.78 is 1.90. The van der Waals surface area contributed by atoms with Crippen LogP contribution in [0.15, 0.2) is 18.3 Å². The summed E-state index contributed by atoms with van der Waals surface area (Å²) in [7, 11) is 0. The van der Waals surface area contributed by atoms with Crippen LogP contribution in [-0.4, -0.2) is 43.9 Å². The van der Waals surface area contributed by atoms with Gasteiger partial charge >= 0.3 is 0 Å². The van der Waals surface area contributed by atoms with Crippen LogP contribution in [0.3, 0.4) is 0 Å². The molecule has 0 spiro atoms. The Hall–Kier alpha value is -2.11. The van der Waals surface area contributed by atoms with E-state index in [-0.39, 0.29) is 5.91 Å². The van der Waals surface area contributed by atoms with E-state index in [1.54, 1.807) is 0 Å². The molecule has 1 saturated heterocycles. The molecule has 0 radical (unpaired) electrons. The fraction of sp³-hybridized carbons (Fsp3) is 0.588. The Morgan fingerprint density at radius 3 is 2.96 bits per heavy atom. The van der Waals surface area contributed by atoms with Crippen LogP contribution >= 0.6 is 0 Å². The van der Waals surface area contributed by atoms with Crippen molar-refractivity contribution < 1.29 is 4.79 Å². The molecule has 0 aliphatic carbocycles. The average molecular weight is 315 g/mol. The van der Waals surface area contributed by atoms with Gasteiger partial charge in [-0.3, -0.25) is 14.6 Å². The van der Waals surface area contributed by atoms with Gasteiger partial charge in [0.2, 0.25) is 5.91 Å². The highest BCUT2D eigenvalue weighted by atomic mass is 16.2. The molecular formula is C17H25N5O. The third-order valence-corrected chi connectivity index (χ3v) is 4.44. The first-order valence-corrected chi connectivity index (χ1v) is 8.36. The molecule has 0 bridgehead atoms. The minimum absolute atomic E-state index is 0.163. The van der Waals surface area contributed by atoms with Gasteiger partial charge in [0.25, 0.3) is 0 Å². The molecular weight excluding hydrogens is 290 g/mol. The third-order valence-electron chi connectivity index (χ3n) is 4.44. The lowest BCUT2D eigenvalue weighted by atomic mass is 9.94. The fourth-order valence-corrected chi connectivity index (χ4v) is 3.12. The van der Waals surface area contributed by atoms with Crippen molar-refractivity contribution in [2.45, 2.75) is 52.0 Å². The molecule has 1 fully saturated rings. The summed E-state index contributed by atoms with van der Waals surface area (Å²) in [4.78, 5) is 14.5. The molecule has 1 N–H and O–H groups in total. The summed E-state index contributed by atoms with van der Waals surface area (Å²) in [6.07, 6.45) is 4.45. The SMILES string of the molecule is Cc1cc(C2CCCN(C(=O)Cc3ccn(C(C)C)n3)C2)n[nH]1. The quantitative estimate of drug-likeness (QED) is 0.942. The smallest absolute Gasteiger partial charge is 0.228 e. The minimum atomic E-state index is 0.163. The Kier molecular flexibility index (Phi) is 4.50. The second-order valence-corrected chi connectivity index (χ2v) is 6.71. The van der Waals surface area contributed by atoms with Crippen LogP contribution in [0, 0.1) is 6.92 Å². The molecule has 23 heavy (non-hydrogen) atoms. The Morgan fingerprint density at radius 2 is 2.30 bits per heavy atom. The number of aromatic nitrogens is 4. The van der Waals surface area contributed by atoms with Crippen molar-refractivity contribution >= 4 is 5.91 Å². The molecule has 1 amide bonds. The number of nitrogens with one attached hydrogen (secondary N) is 1. The number of piperidine rings is 1. The number of aromatic amines is 1. The lowest BCUT2D eigenvalue weighted by Crippen LogP contribution is -2.40. The number of H-pyrrole nitrogens is 1. The maximum Gasteiger partial charge on any atom is 0.228 e. The number of aryl methyl sites for hydroxylation is 1. The molecule has 0 aromatic carbocycles. The molecule has 1 atom stereocenters. The lowest BCUT2D eigenvalue weighted by Gasteiger charge is -2.32. The third kappa shape index (κ3) is 3.63. The average Bonchev–Trinajstić information content (AvgIpc) is 3.16. The van der Waals surface area contributed by atoms with E-state index in [0.29, 0.717) is 18.4 Å². The number of hydrogen-bond donors (Lipinski definition) is 1. The molecule has 1 aliphatic heterocycles. The summed E-state index contributed by atoms with van der Waals surface area (Å²) in [6.45, 7) is 7.77. The van der Waals surface area contributed by atoms with E-state index in [1.165, 1.54) is 0 Å². The molecule has 2 aromatic heterocycles. The first-order valence-electron chi connectivity index (χ1n) is 8.36. The van der Waals surface area contributed by atoms with Gasteiger partial charge in [-0.25, -0.2) is 0 Å². The van der Waals surface area contributed by atoms with Crippen LogP contribution < -0.4 is 0 Å². The van der Waals surface area contributed by atoms with Gasteiger partial charge in [-0.2, -0.15) is 10.2 Å². The van der Waals surface area contributed by atoms with Crippen LogP contribution in [0.5, 0.6) is 0 Å². The number of hydrogen-bond acceptors (Lipinski definition) is 3. The summed E-state index contributed by atoms with van der Waals surface area (Å²) in [5, 5.41) is 11.8. The number of carbonyl (C=O) groups is 1. The molecule has 124 valence electrons. The minimum Gasteiger partial charge on any atom is -0.342 e. The highest BCUT2D eigenvalue weighted by molar-refractivity contribution is 5.78. The molecule has 1 aliphatic rings. The van der Waals surface area contributed by atoms with Gasteiger partial charge in [0.05, 0.1) is 17.8 Å². The maximum absolute atomic E-state index is 12.6. The van der Waals surface area contributed by atoms with E-state index in [4.69, 9.17) is 0 Å². The van der Waals surface area contributed by atoms with Crippen molar-refractivity contribution in [3.05, 3.63) is 35.4 Å². The predicted molar refractivity (Wildman–Crippen MR) is 88.2 cm³/mol. The van der Waals surface area contributed by atoms with Gasteiger partial charge in [0.15, 0.2) is 0 Å². The molecule has 6 nitrogen and oxygen atoms in total. The Morgan fingerprint density at radius 1 is 1.48 bits per heavy atom. The van der Waals surface area contributed by atoms with E-state index >= 15 is 0 Å². The van der Waals surface area contributed by atoms with Crippen molar-refractivity contribution in [3.8, 4) is 0 Å². The molecule has 3 rings (SSSR count). The van der Waals surface area contributed by atoms with E-state index in [2.05, 4.69) is 35.2 Å². The lowest BCUT2D eigenvalue weighted by molar-refractivity contribution is -0.131. The zero-order valence-corrected chi connectivity index (χ0v) is 14.1. The Bertz CT molecular complexity index is 672. The van der Waals surface area contributed by atoms with Crippen LogP contribution in [0.1, 0.15) is 55.7 Å². The topological polar surface area (TPSA) is 66.8 Å². The first kappa shape index (κ1) is 15.8. The van der Waals surface area contributed by atoms with Crippen LogP contribution in [0.2, 0.25) is 0 Å². The van der Waals surface area contributed by atoms with E-state index in [1.807, 2.05) is 28.8 Å². The van der Waals surface area contributed by atoms with E-state index in [9.17, 15) is 4.79 Å². The summed E-state index contributed by atoms with van der Waals surface area (Å²) in [5.74, 6) is 0.502. The number of nitrogens with zero attached hydrogens (tertiary/aromatic N) is 4. The van der Waals surface area contributed by atoms with E-state index < -0.39 is 0 Å². The first-order chi connectivity index (χ1) is 11.0. The largest absolute Gasteiger partial charge is 0.342 e. The Labute approximate surface area is 136 Å². The molecule has 2 aromatic rings. The zero-order chi connectivity index (χ0) is 16.4. The van der Waals surface area contributed by atoms with Gasteiger partial charge < -0.3 is 4.90 Å². The number of likely N-dealkylation sites (tertiary alicyclic amines) is 1. The monoisotopic (exact) mass is 315 g/mol. The van der Waals surface area contributed by atoms with Crippen molar-refractivity contribution in [3.63, 3.8) is 0 Å². The summed E-state index contributed by atoms with van der Waals surface area (Å²) in [5.41, 5.74) is 2.99. The van der Waals surface area contributed by atoms with Crippen LogP contribution in [-0.2, 0) is 11.2 Å². The maximum atomic E-state index is 12.6. The zero-order valence-electron chi connectivity index (χ0n) is 14.1. The van der Waals surface area contributed by atoms with Gasteiger partial charge in [-0.05, 0) is 45.7 Å². The highest BCUT2D eigenvalue weighted by Gasteiger charge is 2.26. The van der Waals surface area contributed by atoms with Crippen molar-refractivity contribution in [2.75, 3.05) is 13.1 Å². The van der Waals surface area contributed by atoms with Crippen LogP contribution in [0.4, 0.5) is 0 Å². The number of amides is 1. The summed E-state index contributed by atoms with van der Waals surface area (Å²) in [6, 6.07) is 4.35. The van der Waals surface area contributed by atoms with Crippen molar-refractivity contribution in [1.82, 2.24) is 24.9 Å². The molecule has 0 saturated carbocycles. The second-order valence-electron chi connectivity index (χ2n) is 6.71. The van der Waals surface area contributed by atoms with Crippen LogP contribution in [0.25, 0.3) is 0 Å². The Balaban J connectivity index is 1.62. The predicted octanol–water partition coefficient (Wildman–Crippen LogP) is 2.44. The van der Waals surface area contributed by atoms with Gasteiger partial charge in [-0.15, -0.1) is 0 Å². The number of carbonyl (C=O) groups excluding carboxylic acids is 1. The molecule has 3 heterocycles. The van der Waals surface area contributed by atoms with Crippen molar-refractivity contribution in [1.29, 1.82) is 0 Å². The normalized spacial score (nSPS) is 18.6. The molecule has 6 heteroatoms. The van der Waals surface area contributed by atoms with Gasteiger partial charge in [0, 0.05) is 36.9 Å². The van der Waals surface area contributed by atoms with Gasteiger partial charge in [-0.1, -0.05) is 0 Å². The number of rotatable bonds is 4. The van der Waals surface area contributed by atoms with Crippen molar-refractivity contribution in [2.24, 2.45) is 0 Å². The van der Waals surface area contributed by atoms with Gasteiger partial charge in [0.1, 0.15) is 0 Å². The highest BCUT2D eigenvalue weighted by Crippen LogP contribution is 2.26. The summed E-state index contributed by atoms with van der Waals surface area (Å²) >= 11 is 0. The van der Waals surface area contributed by atoms with E-state index in [0.717, 1.165) is 43.0 Å².